The summed E-state index contributed by atoms with van der Waals surface area (Å²) in [6, 6.07) is 0. The minimum atomic E-state index is -0.916. The first-order valence-electron chi connectivity index (χ1n) is 3.67. The summed E-state index contributed by atoms with van der Waals surface area (Å²) in [6.45, 7) is 0. The Morgan fingerprint density at radius 3 is 2.69 bits per heavy atom. The Balaban J connectivity index is 2.84. The summed E-state index contributed by atoms with van der Waals surface area (Å²) in [6.07, 6.45) is 0.198. The SMILES string of the molecule is Cn1[nH]c(CCC(=O)O)c(Cl)c1=O. The van der Waals surface area contributed by atoms with Gasteiger partial charge in [-0.05, 0) is 0 Å². The van der Waals surface area contributed by atoms with Crippen molar-refractivity contribution < 1.29 is 9.90 Å². The minimum absolute atomic E-state index is 0.0420. The number of carboxylic acid groups (broad SMARTS) is 1. The number of aryl methyl sites for hydroxylation is 2. The van der Waals surface area contributed by atoms with Gasteiger partial charge in [0.2, 0.25) is 0 Å². The van der Waals surface area contributed by atoms with E-state index in [9.17, 15) is 9.59 Å². The predicted molar refractivity (Wildman–Crippen MR) is 47.0 cm³/mol. The van der Waals surface area contributed by atoms with E-state index in [1.807, 2.05) is 0 Å². The molecule has 0 amide bonds. The molecule has 0 fully saturated rings. The molecule has 1 aromatic rings. The Morgan fingerprint density at radius 1 is 1.69 bits per heavy atom. The van der Waals surface area contributed by atoms with Crippen molar-refractivity contribution in [2.24, 2.45) is 7.05 Å². The maximum absolute atomic E-state index is 11.1. The monoisotopic (exact) mass is 204 g/mol. The molecule has 72 valence electrons. The van der Waals surface area contributed by atoms with Gasteiger partial charge in [-0.25, -0.2) is 0 Å². The number of nitrogens with zero attached hydrogens (tertiary/aromatic N) is 1. The summed E-state index contributed by atoms with van der Waals surface area (Å²) in [5.41, 5.74) is 0.138. The molecule has 0 aliphatic carbocycles. The van der Waals surface area contributed by atoms with Gasteiger partial charge in [-0.1, -0.05) is 11.6 Å². The third-order valence-electron chi connectivity index (χ3n) is 1.65. The molecule has 6 heteroatoms. The van der Waals surface area contributed by atoms with Crippen LogP contribution in [0, 0.1) is 0 Å². The molecule has 13 heavy (non-hydrogen) atoms. The van der Waals surface area contributed by atoms with Crippen molar-refractivity contribution in [3.63, 3.8) is 0 Å². The third kappa shape index (κ3) is 2.12. The molecule has 0 saturated carbocycles. The molecule has 0 bridgehead atoms. The number of H-pyrrole nitrogens is 1. The van der Waals surface area contributed by atoms with Crippen LogP contribution in [0.3, 0.4) is 0 Å². The highest BCUT2D eigenvalue weighted by molar-refractivity contribution is 6.31. The molecule has 0 aromatic carbocycles. The first-order chi connectivity index (χ1) is 6.02. The molecule has 1 heterocycles. The first kappa shape index (κ1) is 9.85. The molecular formula is C7H9ClN2O3. The second-order valence-corrected chi connectivity index (χ2v) is 3.04. The maximum atomic E-state index is 11.1. The third-order valence-corrected chi connectivity index (χ3v) is 2.04. The average Bonchev–Trinajstić information content (AvgIpc) is 2.29. The van der Waals surface area contributed by atoms with Gasteiger partial charge in [0.15, 0.2) is 0 Å². The standard InChI is InChI=1S/C7H9ClN2O3/c1-10-7(13)6(8)4(9-10)2-3-5(11)12/h9H,2-3H2,1H3,(H,11,12). The van der Waals surface area contributed by atoms with Crippen molar-refractivity contribution >= 4 is 17.6 Å². The van der Waals surface area contributed by atoms with Crippen LogP contribution in [0.15, 0.2) is 4.79 Å². The van der Waals surface area contributed by atoms with Crippen LogP contribution in [0.2, 0.25) is 5.02 Å². The number of hydrogen-bond donors (Lipinski definition) is 2. The van der Waals surface area contributed by atoms with Crippen molar-refractivity contribution in [2.75, 3.05) is 0 Å². The van der Waals surface area contributed by atoms with E-state index in [0.29, 0.717) is 5.69 Å². The number of hydrogen-bond acceptors (Lipinski definition) is 2. The number of aliphatic carboxylic acids is 1. The molecule has 0 aliphatic rings. The number of rotatable bonds is 3. The van der Waals surface area contributed by atoms with E-state index in [2.05, 4.69) is 5.10 Å². The predicted octanol–water partition coefficient (Wildman–Crippen LogP) is 0.384. The largest absolute Gasteiger partial charge is 0.481 e. The fraction of sp³-hybridized carbons (Fsp3) is 0.429. The van der Waals surface area contributed by atoms with Gasteiger partial charge >= 0.3 is 5.97 Å². The van der Waals surface area contributed by atoms with Crippen LogP contribution in [-0.4, -0.2) is 20.9 Å². The van der Waals surface area contributed by atoms with E-state index < -0.39 is 5.97 Å². The van der Waals surface area contributed by atoms with Gasteiger partial charge in [-0.2, -0.15) is 0 Å². The topological polar surface area (TPSA) is 75.1 Å². The molecule has 1 aromatic heterocycles. The molecule has 0 unspecified atom stereocenters. The Hall–Kier alpha value is -1.23. The fourth-order valence-corrected chi connectivity index (χ4v) is 1.24. The van der Waals surface area contributed by atoms with Crippen molar-refractivity contribution in [3.05, 3.63) is 21.1 Å². The van der Waals surface area contributed by atoms with Crippen LogP contribution in [0.1, 0.15) is 12.1 Å². The second kappa shape index (κ2) is 3.66. The smallest absolute Gasteiger partial charge is 0.303 e. The van der Waals surface area contributed by atoms with Gasteiger partial charge < -0.3 is 5.11 Å². The molecule has 0 atom stereocenters. The molecule has 0 spiro atoms. The first-order valence-corrected chi connectivity index (χ1v) is 4.05. The van der Waals surface area contributed by atoms with E-state index in [1.54, 1.807) is 0 Å². The van der Waals surface area contributed by atoms with Crippen LogP contribution in [-0.2, 0) is 18.3 Å². The lowest BCUT2D eigenvalue weighted by Gasteiger charge is -1.93. The van der Waals surface area contributed by atoms with E-state index >= 15 is 0 Å². The summed E-state index contributed by atoms with van der Waals surface area (Å²) in [7, 11) is 1.53. The van der Waals surface area contributed by atoms with Crippen molar-refractivity contribution in [3.8, 4) is 0 Å². The summed E-state index contributed by atoms with van der Waals surface area (Å²) in [5.74, 6) is -0.916. The normalized spacial score (nSPS) is 10.3. The highest BCUT2D eigenvalue weighted by atomic mass is 35.5. The van der Waals surface area contributed by atoms with Gasteiger partial charge in [0.1, 0.15) is 5.02 Å². The van der Waals surface area contributed by atoms with Crippen LogP contribution in [0.25, 0.3) is 0 Å². The Labute approximate surface area is 78.9 Å². The Morgan fingerprint density at radius 2 is 2.31 bits per heavy atom. The van der Waals surface area contributed by atoms with Gasteiger partial charge in [0.05, 0.1) is 12.1 Å². The van der Waals surface area contributed by atoms with Crippen LogP contribution in [0.5, 0.6) is 0 Å². The molecule has 0 saturated heterocycles. The Bertz CT molecular complexity index is 380. The molecule has 0 aliphatic heterocycles. The number of aromatic nitrogens is 2. The van der Waals surface area contributed by atoms with E-state index in [-0.39, 0.29) is 23.4 Å². The Kier molecular flexibility index (Phi) is 2.77. The van der Waals surface area contributed by atoms with E-state index in [0.717, 1.165) is 0 Å². The summed E-state index contributed by atoms with van der Waals surface area (Å²) in [5, 5.41) is 11.1. The number of carboxylic acids is 1. The van der Waals surface area contributed by atoms with Crippen LogP contribution >= 0.6 is 11.6 Å². The highest BCUT2D eigenvalue weighted by Gasteiger charge is 2.10. The summed E-state index contributed by atoms with van der Waals surface area (Å²) < 4.78 is 1.22. The van der Waals surface area contributed by atoms with Crippen molar-refractivity contribution in [2.45, 2.75) is 12.8 Å². The van der Waals surface area contributed by atoms with E-state index in [1.165, 1.54) is 11.7 Å². The molecule has 5 nitrogen and oxygen atoms in total. The van der Waals surface area contributed by atoms with E-state index in [4.69, 9.17) is 16.7 Å². The molecular weight excluding hydrogens is 196 g/mol. The number of halogens is 1. The van der Waals surface area contributed by atoms with Crippen molar-refractivity contribution in [1.82, 2.24) is 9.78 Å². The van der Waals surface area contributed by atoms with Gasteiger partial charge in [0, 0.05) is 13.5 Å². The molecule has 1 rings (SSSR count). The lowest BCUT2D eigenvalue weighted by atomic mass is 10.2. The zero-order chi connectivity index (χ0) is 10.0. The number of aromatic amines is 1. The lowest BCUT2D eigenvalue weighted by Crippen LogP contribution is -2.11. The fourth-order valence-electron chi connectivity index (χ4n) is 0.976. The lowest BCUT2D eigenvalue weighted by molar-refractivity contribution is -0.136. The number of nitrogens with one attached hydrogen (secondary N) is 1. The zero-order valence-electron chi connectivity index (χ0n) is 7.00. The van der Waals surface area contributed by atoms with Gasteiger partial charge in [0.25, 0.3) is 5.56 Å². The van der Waals surface area contributed by atoms with Gasteiger partial charge in [-0.15, -0.1) is 0 Å². The summed E-state index contributed by atoms with van der Waals surface area (Å²) in [4.78, 5) is 21.3. The second-order valence-electron chi connectivity index (χ2n) is 2.66. The summed E-state index contributed by atoms with van der Waals surface area (Å²) >= 11 is 5.64. The van der Waals surface area contributed by atoms with Crippen LogP contribution < -0.4 is 5.56 Å². The number of carbonyl (C=O) groups is 1. The minimum Gasteiger partial charge on any atom is -0.481 e. The molecule has 0 radical (unpaired) electrons. The average molecular weight is 205 g/mol. The quantitative estimate of drug-likeness (QED) is 0.748. The maximum Gasteiger partial charge on any atom is 0.303 e. The zero-order valence-corrected chi connectivity index (χ0v) is 7.76. The molecule has 2 N–H and O–H groups in total. The highest BCUT2D eigenvalue weighted by Crippen LogP contribution is 2.09. The van der Waals surface area contributed by atoms with Crippen LogP contribution in [0.4, 0.5) is 0 Å². The van der Waals surface area contributed by atoms with Gasteiger partial charge in [-0.3, -0.25) is 19.4 Å². The van der Waals surface area contributed by atoms with Crippen molar-refractivity contribution in [1.29, 1.82) is 0 Å².